The van der Waals surface area contributed by atoms with Crippen LogP contribution in [0.1, 0.15) is 5.56 Å². The number of aromatic nitrogens is 5. The molecule has 0 bridgehead atoms. The van der Waals surface area contributed by atoms with Gasteiger partial charge in [0.25, 0.3) is 0 Å². The molecule has 0 fully saturated rings. The zero-order chi connectivity index (χ0) is 49.5. The molecule has 0 saturated heterocycles. The highest BCUT2D eigenvalue weighted by Gasteiger charge is 2.35. The summed E-state index contributed by atoms with van der Waals surface area (Å²) in [5, 5.41) is 23.2. The first-order valence-electron chi connectivity index (χ1n) is 25.2. The van der Waals surface area contributed by atoms with Crippen LogP contribution in [0.25, 0.3) is 142 Å². The Kier molecular flexibility index (Phi) is 8.46. The van der Waals surface area contributed by atoms with Crippen LogP contribution in [0, 0.1) is 17.9 Å². The van der Waals surface area contributed by atoms with E-state index in [9.17, 15) is 11.8 Å². The van der Waals surface area contributed by atoms with E-state index in [0.29, 0.717) is 28.3 Å². The molecule has 0 aliphatic carbocycles. The highest BCUT2D eigenvalue weighted by Crippen LogP contribution is 2.53. The molecule has 7 heteroatoms. The van der Waals surface area contributed by atoms with Gasteiger partial charge in [0.15, 0.2) is 0 Å². The van der Waals surface area contributed by atoms with Crippen LogP contribution in [0.2, 0.25) is 0 Å². The standard InChI is InChI=1S/C68H39N7/c1-70-63-65(72-53-31-13-5-23-43(53)44-24-6-14-32-54(44)72)52(41-69)66(73-55-33-15-7-25-45(55)46-26-8-16-34-56(46)73)68(67(63)74-57-35-17-9-27-47(57)48-28-10-18-36-58(48)74)75-59-37-19-11-29-49(59)50-39-40-61-62(64(50)75)51-30-12-20-38-60(51)71(61)42-21-3-2-4-22-42/h2-40H. The Morgan fingerprint density at radius 2 is 0.640 bits per heavy atom. The maximum atomic E-state index is 12.6. The van der Waals surface area contributed by atoms with Gasteiger partial charge in [0.2, 0.25) is 5.69 Å². The summed E-state index contributed by atoms with van der Waals surface area (Å²) in [5.74, 6) is 0. The lowest BCUT2D eigenvalue weighted by Crippen LogP contribution is -2.14. The van der Waals surface area contributed by atoms with Crippen molar-refractivity contribution in [2.75, 3.05) is 0 Å². The maximum absolute atomic E-state index is 12.6. The van der Waals surface area contributed by atoms with Crippen LogP contribution in [0.3, 0.4) is 0 Å². The second-order valence-electron chi connectivity index (χ2n) is 19.3. The topological polar surface area (TPSA) is 52.8 Å². The summed E-state index contributed by atoms with van der Waals surface area (Å²) in [5.41, 5.74) is 14.0. The molecule has 0 radical (unpaired) electrons. The Morgan fingerprint density at radius 3 is 1.07 bits per heavy atom. The van der Waals surface area contributed by atoms with Gasteiger partial charge < -0.3 is 22.8 Å². The molecule has 5 heterocycles. The van der Waals surface area contributed by atoms with Crippen molar-refractivity contribution in [2.45, 2.75) is 0 Å². The third kappa shape index (κ3) is 5.40. The quantitative estimate of drug-likeness (QED) is 0.159. The SMILES string of the molecule is [C-]#[N+]c1c(-n2c3ccccc3c3ccccc32)c(C#N)c(-n2c3ccccc3c3ccccc32)c(-n2c3ccccc3c3ccc4c(c5ccccc5n4-c4ccccc4)c32)c1-n1c2ccccc2c2ccccc21. The number of fused-ring (bicyclic) bond motifs is 16. The lowest BCUT2D eigenvalue weighted by Gasteiger charge is -2.27. The fourth-order valence-corrected chi connectivity index (χ4v) is 12.8. The predicted octanol–water partition coefficient (Wildman–Crippen LogP) is 17.6. The molecule has 7 nitrogen and oxygen atoms in total. The van der Waals surface area contributed by atoms with Crippen LogP contribution >= 0.6 is 0 Å². The van der Waals surface area contributed by atoms with Gasteiger partial charge in [0.05, 0.1) is 90.1 Å². The number of benzene rings is 11. The van der Waals surface area contributed by atoms with E-state index in [-0.39, 0.29) is 0 Å². The second-order valence-corrected chi connectivity index (χ2v) is 19.3. The van der Waals surface area contributed by atoms with E-state index in [1.807, 2.05) is 12.1 Å². The van der Waals surface area contributed by atoms with E-state index in [2.05, 4.69) is 253 Å². The molecule has 75 heavy (non-hydrogen) atoms. The average Bonchev–Trinajstić information content (AvgIpc) is 4.28. The Morgan fingerprint density at radius 1 is 0.293 bits per heavy atom. The molecule has 0 amide bonds. The van der Waals surface area contributed by atoms with Crippen molar-refractivity contribution >= 4 is 115 Å². The van der Waals surface area contributed by atoms with Crippen molar-refractivity contribution in [3.8, 4) is 34.5 Å². The van der Waals surface area contributed by atoms with Crippen molar-refractivity contribution < 1.29 is 0 Å². The molecule has 0 saturated carbocycles. The molecule has 0 aliphatic rings. The highest BCUT2D eigenvalue weighted by molar-refractivity contribution is 6.27. The average molecular weight is 954 g/mol. The highest BCUT2D eigenvalue weighted by atomic mass is 15.1. The number of nitrogens with zero attached hydrogens (tertiary/aromatic N) is 7. The first-order valence-corrected chi connectivity index (χ1v) is 25.2. The van der Waals surface area contributed by atoms with Gasteiger partial charge in [-0.3, -0.25) is 0 Å². The molecule has 0 unspecified atom stereocenters. The van der Waals surface area contributed by atoms with E-state index in [0.717, 1.165) is 120 Å². The summed E-state index contributed by atoms with van der Waals surface area (Å²) in [6.45, 7) is 9.80. The van der Waals surface area contributed by atoms with Gasteiger partial charge in [0, 0.05) is 59.5 Å². The Hall–Kier alpha value is -10.6. The minimum absolute atomic E-state index is 0.355. The number of hydrogen-bond acceptors (Lipinski definition) is 1. The molecular weight excluding hydrogens is 915 g/mol. The maximum Gasteiger partial charge on any atom is 0.237 e. The van der Waals surface area contributed by atoms with E-state index < -0.39 is 0 Å². The minimum atomic E-state index is 0.355. The summed E-state index contributed by atoms with van der Waals surface area (Å²) in [6, 6.07) is 86.2. The van der Waals surface area contributed by atoms with Gasteiger partial charge in [-0.25, -0.2) is 4.85 Å². The molecule has 0 N–H and O–H groups in total. The lowest BCUT2D eigenvalue weighted by atomic mass is 10.0. The van der Waals surface area contributed by atoms with Crippen LogP contribution in [0.15, 0.2) is 237 Å². The van der Waals surface area contributed by atoms with Gasteiger partial charge in [-0.2, -0.15) is 5.26 Å². The van der Waals surface area contributed by atoms with E-state index >= 15 is 0 Å². The molecule has 0 spiro atoms. The van der Waals surface area contributed by atoms with Crippen LogP contribution in [-0.4, -0.2) is 22.8 Å². The van der Waals surface area contributed by atoms with Crippen molar-refractivity contribution in [1.29, 1.82) is 5.26 Å². The zero-order valence-corrected chi connectivity index (χ0v) is 40.1. The van der Waals surface area contributed by atoms with Gasteiger partial charge in [0.1, 0.15) is 6.07 Å². The van der Waals surface area contributed by atoms with Crippen LogP contribution < -0.4 is 0 Å². The van der Waals surface area contributed by atoms with E-state index in [4.69, 9.17) is 4.85 Å². The Bertz CT molecular complexity index is 4900. The third-order valence-corrected chi connectivity index (χ3v) is 15.7. The summed E-state index contributed by atoms with van der Waals surface area (Å²) < 4.78 is 11.6. The number of rotatable bonds is 5. The van der Waals surface area contributed by atoms with Crippen molar-refractivity contribution in [2.24, 2.45) is 0 Å². The Labute approximate surface area is 428 Å². The van der Waals surface area contributed by atoms with Crippen molar-refractivity contribution in [3.63, 3.8) is 0 Å². The zero-order valence-electron chi connectivity index (χ0n) is 40.1. The largest absolute Gasteiger partial charge is 0.318 e. The summed E-state index contributed by atoms with van der Waals surface area (Å²) in [7, 11) is 0. The monoisotopic (exact) mass is 953 g/mol. The fourth-order valence-electron chi connectivity index (χ4n) is 12.8. The summed E-state index contributed by atoms with van der Waals surface area (Å²) >= 11 is 0. The van der Waals surface area contributed by atoms with Gasteiger partial charge in [-0.05, 0) is 66.7 Å². The predicted molar refractivity (Wildman–Crippen MR) is 309 cm³/mol. The van der Waals surface area contributed by atoms with Gasteiger partial charge in [-0.1, -0.05) is 170 Å². The molecule has 0 atom stereocenters. The molecule has 16 rings (SSSR count). The normalized spacial score (nSPS) is 12.0. The molecule has 11 aromatic carbocycles. The first kappa shape index (κ1) is 41.1. The summed E-state index contributed by atoms with van der Waals surface area (Å²) in [4.78, 5) is 4.78. The first-order chi connectivity index (χ1) is 37.2. The lowest BCUT2D eigenvalue weighted by molar-refractivity contribution is 1.03. The molecule has 5 aromatic heterocycles. The minimum Gasteiger partial charge on any atom is -0.318 e. The number of hydrogen-bond donors (Lipinski definition) is 0. The smallest absolute Gasteiger partial charge is 0.237 e. The van der Waals surface area contributed by atoms with E-state index in [1.165, 1.54) is 0 Å². The van der Waals surface area contributed by atoms with Gasteiger partial charge >= 0.3 is 0 Å². The molecule has 346 valence electrons. The van der Waals surface area contributed by atoms with E-state index in [1.54, 1.807) is 0 Å². The van der Waals surface area contributed by atoms with Crippen molar-refractivity contribution in [1.82, 2.24) is 22.8 Å². The third-order valence-electron chi connectivity index (χ3n) is 15.7. The number of nitriles is 1. The van der Waals surface area contributed by atoms with Crippen LogP contribution in [-0.2, 0) is 0 Å². The van der Waals surface area contributed by atoms with Crippen molar-refractivity contribution in [3.05, 3.63) is 254 Å². The second kappa shape index (κ2) is 15.5. The van der Waals surface area contributed by atoms with Crippen LogP contribution in [0.4, 0.5) is 5.69 Å². The van der Waals surface area contributed by atoms with Crippen LogP contribution in [0.5, 0.6) is 0 Å². The Balaban J connectivity index is 1.25. The summed E-state index contributed by atoms with van der Waals surface area (Å²) in [6.07, 6.45) is 0. The molecule has 0 aliphatic heterocycles. The fraction of sp³-hybridized carbons (Fsp3) is 0. The molecular formula is C68H39N7. The number of para-hydroxylation sites is 9. The molecule has 16 aromatic rings. The van der Waals surface area contributed by atoms with Gasteiger partial charge in [-0.15, -0.1) is 0 Å².